The number of anilines is 1. The first-order valence-electron chi connectivity index (χ1n) is 10.1. The molecule has 3 rings (SSSR count). The zero-order valence-electron chi connectivity index (χ0n) is 18.1. The van der Waals surface area contributed by atoms with Crippen molar-refractivity contribution in [2.45, 2.75) is 20.8 Å². The molecule has 3 aromatic rings. The maximum Gasteiger partial charge on any atom is 0.262 e. The Kier molecular flexibility index (Phi) is 8.53. The number of aryl methyl sites for hydroxylation is 2. The molecule has 0 radical (unpaired) electrons. The molecule has 7 heteroatoms. The average Bonchev–Trinajstić information content (AvgIpc) is 2.74. The quantitative estimate of drug-likeness (QED) is 0.245. The maximum atomic E-state index is 12.3. The molecular weight excluding hydrogens is 539 g/mol. The summed E-state index contributed by atoms with van der Waals surface area (Å²) in [5, 5.41) is 3.52. The molecule has 0 atom stereocenters. The summed E-state index contributed by atoms with van der Waals surface area (Å²) in [5.41, 5.74) is 4.43. The van der Waals surface area contributed by atoms with Crippen LogP contribution in [0.25, 0.3) is 0 Å². The van der Waals surface area contributed by atoms with Crippen LogP contribution in [0.4, 0.5) is 11.4 Å². The van der Waals surface area contributed by atoms with Gasteiger partial charge in [-0.2, -0.15) is 0 Å². The SMILES string of the molecule is CCOc1cc(C=Nc2ccc(C)c(Cl)c2)cc(I)c1OCC(=O)Nc1cccc(C)c1. The first-order chi connectivity index (χ1) is 15.4. The number of amides is 1. The first-order valence-corrected chi connectivity index (χ1v) is 11.6. The summed E-state index contributed by atoms with van der Waals surface area (Å²) >= 11 is 8.35. The number of hydrogen-bond acceptors (Lipinski definition) is 4. The Labute approximate surface area is 206 Å². The zero-order valence-corrected chi connectivity index (χ0v) is 21.0. The van der Waals surface area contributed by atoms with Crippen LogP contribution < -0.4 is 14.8 Å². The van der Waals surface area contributed by atoms with Crippen molar-refractivity contribution >= 4 is 57.7 Å². The van der Waals surface area contributed by atoms with E-state index in [9.17, 15) is 4.79 Å². The molecule has 0 aromatic heterocycles. The van der Waals surface area contributed by atoms with E-state index in [0.717, 1.165) is 31.6 Å². The Morgan fingerprint density at radius 3 is 2.66 bits per heavy atom. The number of ether oxygens (including phenoxy) is 2. The topological polar surface area (TPSA) is 59.9 Å². The monoisotopic (exact) mass is 562 g/mol. The smallest absolute Gasteiger partial charge is 0.262 e. The molecule has 5 nitrogen and oxygen atoms in total. The van der Waals surface area contributed by atoms with E-state index in [2.05, 4.69) is 32.9 Å². The minimum absolute atomic E-state index is 0.126. The lowest BCUT2D eigenvalue weighted by atomic mass is 10.2. The van der Waals surface area contributed by atoms with E-state index in [0.29, 0.717) is 23.1 Å². The summed E-state index contributed by atoms with van der Waals surface area (Å²) in [7, 11) is 0. The fraction of sp³-hybridized carbons (Fsp3) is 0.200. The lowest BCUT2D eigenvalue weighted by Crippen LogP contribution is -2.20. The maximum absolute atomic E-state index is 12.3. The van der Waals surface area contributed by atoms with Gasteiger partial charge in [-0.3, -0.25) is 9.79 Å². The van der Waals surface area contributed by atoms with E-state index >= 15 is 0 Å². The number of halogens is 2. The fourth-order valence-electron chi connectivity index (χ4n) is 2.93. The van der Waals surface area contributed by atoms with Gasteiger partial charge in [-0.15, -0.1) is 0 Å². The van der Waals surface area contributed by atoms with Crippen LogP contribution in [0, 0.1) is 17.4 Å². The summed E-state index contributed by atoms with van der Waals surface area (Å²) < 4.78 is 12.4. The van der Waals surface area contributed by atoms with Gasteiger partial charge in [-0.05, 0) is 96.5 Å². The standard InChI is InChI=1S/C25H24ClIN2O3/c1-4-31-23-12-18(14-28-19-9-8-17(3)21(26)13-19)11-22(27)25(23)32-15-24(30)29-20-7-5-6-16(2)10-20/h5-14H,4,15H2,1-3H3,(H,29,30). The molecule has 0 saturated heterocycles. The van der Waals surface area contributed by atoms with Crippen molar-refractivity contribution in [3.05, 3.63) is 79.9 Å². The van der Waals surface area contributed by atoms with Crippen LogP contribution in [0.2, 0.25) is 5.02 Å². The van der Waals surface area contributed by atoms with Gasteiger partial charge in [0, 0.05) is 16.9 Å². The van der Waals surface area contributed by atoms with Gasteiger partial charge in [0.1, 0.15) is 0 Å². The van der Waals surface area contributed by atoms with Crippen LogP contribution in [0.1, 0.15) is 23.6 Å². The van der Waals surface area contributed by atoms with Crippen LogP contribution in [0.5, 0.6) is 11.5 Å². The third kappa shape index (κ3) is 6.71. The van der Waals surface area contributed by atoms with Gasteiger partial charge in [0.25, 0.3) is 5.91 Å². The number of carbonyl (C=O) groups excluding carboxylic acids is 1. The highest BCUT2D eigenvalue weighted by molar-refractivity contribution is 14.1. The highest BCUT2D eigenvalue weighted by atomic mass is 127. The minimum Gasteiger partial charge on any atom is -0.490 e. The molecular formula is C25H24ClIN2O3. The molecule has 0 saturated carbocycles. The molecule has 166 valence electrons. The summed E-state index contributed by atoms with van der Waals surface area (Å²) in [5.74, 6) is 0.851. The summed E-state index contributed by atoms with van der Waals surface area (Å²) in [6, 6.07) is 17.1. The Balaban J connectivity index is 1.73. The van der Waals surface area contributed by atoms with Gasteiger partial charge in [-0.25, -0.2) is 0 Å². The van der Waals surface area contributed by atoms with Crippen molar-refractivity contribution in [2.75, 3.05) is 18.5 Å². The van der Waals surface area contributed by atoms with E-state index in [4.69, 9.17) is 21.1 Å². The normalized spacial score (nSPS) is 10.9. The Bertz CT molecular complexity index is 1150. The van der Waals surface area contributed by atoms with E-state index in [1.54, 1.807) is 6.21 Å². The predicted octanol–water partition coefficient (Wildman–Crippen LogP) is 6.73. The van der Waals surface area contributed by atoms with Crippen LogP contribution in [0.15, 0.2) is 59.6 Å². The van der Waals surface area contributed by atoms with Gasteiger partial charge in [0.15, 0.2) is 18.1 Å². The number of rotatable bonds is 8. The number of benzene rings is 3. The van der Waals surface area contributed by atoms with Crippen molar-refractivity contribution < 1.29 is 14.3 Å². The number of nitrogens with zero attached hydrogens (tertiary/aromatic N) is 1. The third-order valence-electron chi connectivity index (χ3n) is 4.50. The summed E-state index contributed by atoms with van der Waals surface area (Å²) in [6.45, 7) is 6.17. The molecule has 0 bridgehead atoms. The Morgan fingerprint density at radius 1 is 1.12 bits per heavy atom. The summed E-state index contributed by atoms with van der Waals surface area (Å²) in [6.07, 6.45) is 1.75. The molecule has 0 aliphatic rings. The Hall–Kier alpha value is -2.58. The number of aliphatic imine (C=N–C) groups is 1. The fourth-order valence-corrected chi connectivity index (χ4v) is 3.89. The van der Waals surface area contributed by atoms with Crippen molar-refractivity contribution in [1.82, 2.24) is 0 Å². The van der Waals surface area contributed by atoms with Crippen molar-refractivity contribution in [1.29, 1.82) is 0 Å². The second-order valence-corrected chi connectivity index (χ2v) is 8.73. The minimum atomic E-state index is -0.240. The molecule has 1 N–H and O–H groups in total. The predicted molar refractivity (Wildman–Crippen MR) is 139 cm³/mol. The third-order valence-corrected chi connectivity index (χ3v) is 5.71. The lowest BCUT2D eigenvalue weighted by molar-refractivity contribution is -0.118. The summed E-state index contributed by atoms with van der Waals surface area (Å²) in [4.78, 5) is 16.8. The number of hydrogen-bond donors (Lipinski definition) is 1. The van der Waals surface area contributed by atoms with Gasteiger partial charge in [0.05, 0.1) is 15.9 Å². The second kappa shape index (κ2) is 11.3. The first kappa shape index (κ1) is 24.1. The largest absolute Gasteiger partial charge is 0.490 e. The second-order valence-electron chi connectivity index (χ2n) is 7.16. The number of nitrogens with one attached hydrogen (secondary N) is 1. The van der Waals surface area contributed by atoms with Gasteiger partial charge < -0.3 is 14.8 Å². The molecule has 3 aromatic carbocycles. The van der Waals surface area contributed by atoms with E-state index in [1.807, 2.05) is 75.4 Å². The molecule has 0 fully saturated rings. The molecule has 0 unspecified atom stereocenters. The van der Waals surface area contributed by atoms with E-state index in [-0.39, 0.29) is 12.5 Å². The van der Waals surface area contributed by atoms with Crippen LogP contribution in [0.3, 0.4) is 0 Å². The van der Waals surface area contributed by atoms with E-state index < -0.39 is 0 Å². The lowest BCUT2D eigenvalue weighted by Gasteiger charge is -2.14. The van der Waals surface area contributed by atoms with Crippen LogP contribution >= 0.6 is 34.2 Å². The highest BCUT2D eigenvalue weighted by Gasteiger charge is 2.14. The molecule has 0 aliphatic heterocycles. The molecule has 0 heterocycles. The van der Waals surface area contributed by atoms with Crippen molar-refractivity contribution in [3.63, 3.8) is 0 Å². The van der Waals surface area contributed by atoms with Gasteiger partial charge >= 0.3 is 0 Å². The van der Waals surface area contributed by atoms with Crippen LogP contribution in [-0.4, -0.2) is 25.3 Å². The van der Waals surface area contributed by atoms with Gasteiger partial charge in [0.2, 0.25) is 0 Å². The molecule has 1 amide bonds. The van der Waals surface area contributed by atoms with Crippen molar-refractivity contribution in [3.8, 4) is 11.5 Å². The van der Waals surface area contributed by atoms with Gasteiger partial charge in [-0.1, -0.05) is 29.8 Å². The molecule has 0 spiro atoms. The van der Waals surface area contributed by atoms with E-state index in [1.165, 1.54) is 0 Å². The number of carbonyl (C=O) groups is 1. The highest BCUT2D eigenvalue weighted by Crippen LogP contribution is 2.34. The Morgan fingerprint density at radius 2 is 1.94 bits per heavy atom. The molecule has 0 aliphatic carbocycles. The zero-order chi connectivity index (χ0) is 23.1. The average molecular weight is 563 g/mol. The molecule has 32 heavy (non-hydrogen) atoms. The van der Waals surface area contributed by atoms with Crippen molar-refractivity contribution in [2.24, 2.45) is 4.99 Å². The van der Waals surface area contributed by atoms with Crippen LogP contribution in [-0.2, 0) is 4.79 Å².